The summed E-state index contributed by atoms with van der Waals surface area (Å²) >= 11 is 1.17. The molecule has 0 atom stereocenters. The fourth-order valence-electron chi connectivity index (χ4n) is 2.68. The summed E-state index contributed by atoms with van der Waals surface area (Å²) in [6.45, 7) is 0. The van der Waals surface area contributed by atoms with E-state index < -0.39 is 5.97 Å². The van der Waals surface area contributed by atoms with Gasteiger partial charge in [-0.1, -0.05) is 28.9 Å². The van der Waals surface area contributed by atoms with Gasteiger partial charge in [-0.2, -0.15) is 0 Å². The number of aromatic nitrogens is 3. The van der Waals surface area contributed by atoms with Gasteiger partial charge in [0.2, 0.25) is 0 Å². The summed E-state index contributed by atoms with van der Waals surface area (Å²) in [6.07, 6.45) is 7.49. The molecule has 1 aliphatic carbocycles. The summed E-state index contributed by atoms with van der Waals surface area (Å²) < 4.78 is 13.7. The monoisotopic (exact) mass is 293 g/mol. The van der Waals surface area contributed by atoms with Crippen molar-refractivity contribution in [2.75, 3.05) is 7.11 Å². The van der Waals surface area contributed by atoms with E-state index in [0.29, 0.717) is 10.8 Å². The van der Waals surface area contributed by atoms with Crippen LogP contribution in [0.5, 0.6) is 0 Å². The van der Waals surface area contributed by atoms with Crippen LogP contribution in [0.15, 0.2) is 10.8 Å². The Labute approximate surface area is 120 Å². The van der Waals surface area contributed by atoms with Gasteiger partial charge in [-0.25, -0.2) is 4.79 Å². The molecule has 0 saturated heterocycles. The maximum absolute atomic E-state index is 11.7. The summed E-state index contributed by atoms with van der Waals surface area (Å²) in [7, 11) is 1.33. The number of rotatable bonds is 3. The molecule has 6 nitrogen and oxygen atoms in total. The number of carbonyl (C=O) groups excluding carboxylic acids is 1. The van der Waals surface area contributed by atoms with Crippen LogP contribution in [0.2, 0.25) is 0 Å². The lowest BCUT2D eigenvalue weighted by molar-refractivity contribution is 0.0595. The molecule has 1 saturated carbocycles. The zero-order valence-electron chi connectivity index (χ0n) is 11.2. The molecule has 2 aromatic rings. The van der Waals surface area contributed by atoms with Gasteiger partial charge in [0, 0.05) is 5.92 Å². The van der Waals surface area contributed by atoms with Crippen molar-refractivity contribution in [3.63, 3.8) is 0 Å². The Bertz CT molecular complexity index is 602. The fraction of sp³-hybridized carbons (Fsp3) is 0.538. The first-order chi connectivity index (χ1) is 9.81. The van der Waals surface area contributed by atoms with Crippen molar-refractivity contribution in [1.82, 2.24) is 14.7 Å². The number of hydrogen-bond acceptors (Lipinski definition) is 7. The zero-order valence-corrected chi connectivity index (χ0v) is 12.0. The molecular weight excluding hydrogens is 278 g/mol. The van der Waals surface area contributed by atoms with Crippen molar-refractivity contribution in [1.29, 1.82) is 0 Å². The van der Waals surface area contributed by atoms with Crippen molar-refractivity contribution >= 4 is 17.5 Å². The van der Waals surface area contributed by atoms with Crippen LogP contribution in [-0.2, 0) is 4.74 Å². The Balaban J connectivity index is 1.97. The SMILES string of the molecule is COC(=O)c1nnsc1-c1conc1C1CCCCC1. The van der Waals surface area contributed by atoms with E-state index in [1.54, 1.807) is 6.26 Å². The Morgan fingerprint density at radius 1 is 1.40 bits per heavy atom. The molecule has 0 aromatic carbocycles. The van der Waals surface area contributed by atoms with Crippen LogP contribution in [-0.4, -0.2) is 27.8 Å². The maximum atomic E-state index is 11.7. The molecule has 0 amide bonds. The van der Waals surface area contributed by atoms with E-state index in [4.69, 9.17) is 9.26 Å². The van der Waals surface area contributed by atoms with E-state index in [1.807, 2.05) is 0 Å². The standard InChI is InChI=1S/C13H15N3O3S/c1-18-13(17)11-12(20-16-14-11)9-7-19-15-10(9)8-5-3-2-4-6-8/h7-8H,2-6H2,1H3. The van der Waals surface area contributed by atoms with Crippen LogP contribution < -0.4 is 0 Å². The molecule has 7 heteroatoms. The third-order valence-electron chi connectivity index (χ3n) is 3.70. The smallest absolute Gasteiger partial charge is 0.360 e. The van der Waals surface area contributed by atoms with Gasteiger partial charge < -0.3 is 9.26 Å². The van der Waals surface area contributed by atoms with Gasteiger partial charge in [0.05, 0.1) is 23.2 Å². The van der Waals surface area contributed by atoms with Crippen molar-refractivity contribution in [2.45, 2.75) is 38.0 Å². The van der Waals surface area contributed by atoms with Gasteiger partial charge in [-0.05, 0) is 24.4 Å². The van der Waals surface area contributed by atoms with Crippen LogP contribution in [0.1, 0.15) is 54.2 Å². The molecule has 0 unspecified atom stereocenters. The molecular formula is C13H15N3O3S. The zero-order chi connectivity index (χ0) is 13.9. The number of ether oxygens (including phenoxy) is 1. The lowest BCUT2D eigenvalue weighted by atomic mass is 9.85. The largest absolute Gasteiger partial charge is 0.464 e. The highest BCUT2D eigenvalue weighted by molar-refractivity contribution is 7.09. The van der Waals surface area contributed by atoms with Crippen LogP contribution in [0.25, 0.3) is 10.4 Å². The van der Waals surface area contributed by atoms with Gasteiger partial charge in [0.15, 0.2) is 5.69 Å². The number of hydrogen-bond donors (Lipinski definition) is 0. The Hall–Kier alpha value is -1.76. The normalized spacial score (nSPS) is 16.2. The minimum Gasteiger partial charge on any atom is -0.464 e. The van der Waals surface area contributed by atoms with Gasteiger partial charge in [-0.3, -0.25) is 0 Å². The molecule has 1 fully saturated rings. The summed E-state index contributed by atoms with van der Waals surface area (Å²) in [5, 5.41) is 8.00. The third kappa shape index (κ3) is 2.33. The van der Waals surface area contributed by atoms with Crippen LogP contribution in [0, 0.1) is 0 Å². The van der Waals surface area contributed by atoms with Gasteiger partial charge in [-0.15, -0.1) is 5.10 Å². The highest BCUT2D eigenvalue weighted by Gasteiger charge is 2.27. The van der Waals surface area contributed by atoms with E-state index >= 15 is 0 Å². The third-order valence-corrected chi connectivity index (χ3v) is 4.46. The van der Waals surface area contributed by atoms with Gasteiger partial charge >= 0.3 is 5.97 Å². The van der Waals surface area contributed by atoms with Crippen molar-refractivity contribution < 1.29 is 14.1 Å². The second kappa shape index (κ2) is 5.70. The summed E-state index contributed by atoms with van der Waals surface area (Å²) in [6, 6.07) is 0. The average molecular weight is 293 g/mol. The van der Waals surface area contributed by atoms with Crippen molar-refractivity contribution in [3.05, 3.63) is 17.7 Å². The fourth-order valence-corrected chi connectivity index (χ4v) is 3.35. The van der Waals surface area contributed by atoms with Crippen molar-refractivity contribution in [2.24, 2.45) is 0 Å². The lowest BCUT2D eigenvalue weighted by Crippen LogP contribution is -2.07. The molecule has 0 aliphatic heterocycles. The molecule has 1 aliphatic rings. The maximum Gasteiger partial charge on any atom is 0.360 e. The Morgan fingerprint density at radius 3 is 2.95 bits per heavy atom. The summed E-state index contributed by atoms with van der Waals surface area (Å²) in [5.74, 6) is -0.0883. The second-order valence-corrected chi connectivity index (χ2v) is 5.64. The molecule has 20 heavy (non-hydrogen) atoms. The number of nitrogens with zero attached hydrogens (tertiary/aromatic N) is 3. The molecule has 0 spiro atoms. The predicted octanol–water partition coefficient (Wildman–Crippen LogP) is 3.03. The molecule has 2 aromatic heterocycles. The van der Waals surface area contributed by atoms with Crippen LogP contribution in [0.4, 0.5) is 0 Å². The van der Waals surface area contributed by atoms with E-state index in [2.05, 4.69) is 14.7 Å². The summed E-state index contributed by atoms with van der Waals surface area (Å²) in [5.41, 5.74) is 1.98. The Kier molecular flexibility index (Phi) is 3.77. The van der Waals surface area contributed by atoms with Gasteiger partial charge in [0.25, 0.3) is 0 Å². The number of methoxy groups -OCH3 is 1. The van der Waals surface area contributed by atoms with Crippen LogP contribution >= 0.6 is 11.5 Å². The first-order valence-electron chi connectivity index (χ1n) is 6.66. The van der Waals surface area contributed by atoms with Gasteiger partial charge in [0.1, 0.15) is 6.26 Å². The van der Waals surface area contributed by atoms with E-state index in [1.165, 1.54) is 37.9 Å². The minimum absolute atomic E-state index is 0.234. The molecule has 2 heterocycles. The number of esters is 1. The topological polar surface area (TPSA) is 78.1 Å². The predicted molar refractivity (Wildman–Crippen MR) is 72.6 cm³/mol. The molecule has 0 bridgehead atoms. The summed E-state index contributed by atoms with van der Waals surface area (Å²) in [4.78, 5) is 12.4. The molecule has 0 N–H and O–H groups in total. The number of carbonyl (C=O) groups is 1. The molecule has 3 rings (SSSR count). The molecule has 106 valence electrons. The Morgan fingerprint density at radius 2 is 2.20 bits per heavy atom. The van der Waals surface area contributed by atoms with Crippen molar-refractivity contribution in [3.8, 4) is 10.4 Å². The second-order valence-electron chi connectivity index (χ2n) is 4.89. The highest BCUT2D eigenvalue weighted by atomic mass is 32.1. The lowest BCUT2D eigenvalue weighted by Gasteiger charge is -2.19. The highest BCUT2D eigenvalue weighted by Crippen LogP contribution is 2.39. The first-order valence-corrected chi connectivity index (χ1v) is 7.44. The van der Waals surface area contributed by atoms with Crippen LogP contribution in [0.3, 0.4) is 0 Å². The molecule has 0 radical (unpaired) electrons. The first kappa shape index (κ1) is 13.2. The minimum atomic E-state index is -0.482. The van der Waals surface area contributed by atoms with E-state index in [9.17, 15) is 4.79 Å². The van der Waals surface area contributed by atoms with E-state index in [-0.39, 0.29) is 5.69 Å². The quantitative estimate of drug-likeness (QED) is 0.809. The van der Waals surface area contributed by atoms with E-state index in [0.717, 1.165) is 24.1 Å². The average Bonchev–Trinajstić information content (AvgIpc) is 3.15.